The zero-order chi connectivity index (χ0) is 13.0. The zero-order valence-electron chi connectivity index (χ0n) is 11.1. The van der Waals surface area contributed by atoms with E-state index in [9.17, 15) is 0 Å². The molecule has 96 valence electrons. The molecular formula is C14H19N3S. The summed E-state index contributed by atoms with van der Waals surface area (Å²) in [4.78, 5) is 0. The molecule has 0 aliphatic carbocycles. The number of hydrogen-bond donors (Lipinski definition) is 1. The summed E-state index contributed by atoms with van der Waals surface area (Å²) in [6.45, 7) is 7.25. The van der Waals surface area contributed by atoms with Crippen LogP contribution in [-0.4, -0.2) is 16.2 Å². The van der Waals surface area contributed by atoms with Gasteiger partial charge in [0.1, 0.15) is 10.0 Å². The normalized spacial score (nSPS) is 12.9. The molecule has 4 heteroatoms. The average molecular weight is 261 g/mol. The van der Waals surface area contributed by atoms with Gasteiger partial charge >= 0.3 is 0 Å². The number of nitrogens with zero attached hydrogens (tertiary/aromatic N) is 2. The van der Waals surface area contributed by atoms with Crippen LogP contribution in [0.15, 0.2) is 30.3 Å². The third-order valence-corrected chi connectivity index (χ3v) is 3.92. The molecule has 1 N–H and O–H groups in total. The zero-order valence-corrected chi connectivity index (χ0v) is 11.9. The van der Waals surface area contributed by atoms with Gasteiger partial charge in [-0.25, -0.2) is 0 Å². The van der Waals surface area contributed by atoms with Gasteiger partial charge in [-0.1, -0.05) is 62.4 Å². The molecule has 0 saturated heterocycles. The molecule has 0 radical (unpaired) electrons. The Labute approximate surface area is 112 Å². The number of aromatic nitrogens is 2. The van der Waals surface area contributed by atoms with E-state index in [2.05, 4.69) is 60.6 Å². The van der Waals surface area contributed by atoms with Crippen molar-refractivity contribution in [2.45, 2.75) is 39.3 Å². The van der Waals surface area contributed by atoms with Crippen LogP contribution in [0.5, 0.6) is 0 Å². The lowest BCUT2D eigenvalue weighted by Gasteiger charge is -2.07. The fraction of sp³-hybridized carbons (Fsp3) is 0.429. The van der Waals surface area contributed by atoms with Gasteiger partial charge in [-0.2, -0.15) is 0 Å². The molecular weight excluding hydrogens is 242 g/mol. The Kier molecular flexibility index (Phi) is 4.44. The Balaban J connectivity index is 2.06. The molecule has 18 heavy (non-hydrogen) atoms. The molecule has 0 fully saturated rings. The van der Waals surface area contributed by atoms with Crippen LogP contribution in [0.2, 0.25) is 0 Å². The van der Waals surface area contributed by atoms with Crippen LogP contribution in [-0.2, 0) is 6.54 Å². The summed E-state index contributed by atoms with van der Waals surface area (Å²) in [5.74, 6) is 0.316. The van der Waals surface area contributed by atoms with Crippen LogP contribution in [0.3, 0.4) is 0 Å². The fourth-order valence-electron chi connectivity index (χ4n) is 1.69. The highest BCUT2D eigenvalue weighted by molar-refractivity contribution is 7.11. The predicted octanol–water partition coefficient (Wildman–Crippen LogP) is 3.19. The van der Waals surface area contributed by atoms with Gasteiger partial charge in [-0.05, 0) is 5.56 Å². The second kappa shape index (κ2) is 6.07. The molecule has 2 rings (SSSR count). The van der Waals surface area contributed by atoms with Crippen LogP contribution >= 0.6 is 11.3 Å². The van der Waals surface area contributed by atoms with E-state index in [0.717, 1.165) is 16.6 Å². The second-order valence-electron chi connectivity index (χ2n) is 4.70. The monoisotopic (exact) mass is 261 g/mol. The number of rotatable bonds is 5. The lowest BCUT2D eigenvalue weighted by Crippen LogP contribution is -2.21. The van der Waals surface area contributed by atoms with E-state index in [1.165, 1.54) is 5.56 Å². The molecule has 0 amide bonds. The molecule has 0 saturated carbocycles. The highest BCUT2D eigenvalue weighted by atomic mass is 32.1. The Morgan fingerprint density at radius 1 is 1.11 bits per heavy atom. The van der Waals surface area contributed by atoms with Crippen molar-refractivity contribution in [1.29, 1.82) is 0 Å². The molecule has 0 bridgehead atoms. The van der Waals surface area contributed by atoms with Crippen LogP contribution in [0.4, 0.5) is 0 Å². The van der Waals surface area contributed by atoms with Gasteiger partial charge in [0, 0.05) is 18.5 Å². The van der Waals surface area contributed by atoms with Crippen molar-refractivity contribution in [1.82, 2.24) is 15.5 Å². The van der Waals surface area contributed by atoms with E-state index in [4.69, 9.17) is 0 Å². The lowest BCUT2D eigenvalue weighted by atomic mass is 10.0. The van der Waals surface area contributed by atoms with E-state index < -0.39 is 0 Å². The molecule has 1 atom stereocenters. The molecule has 1 aromatic heterocycles. The largest absolute Gasteiger partial charge is 0.308 e. The molecule has 0 aliphatic rings. The Bertz CT molecular complexity index is 479. The molecule has 2 aromatic rings. The third-order valence-electron chi connectivity index (χ3n) is 2.81. The van der Waals surface area contributed by atoms with Crippen molar-refractivity contribution in [2.75, 3.05) is 0 Å². The summed E-state index contributed by atoms with van der Waals surface area (Å²) >= 11 is 1.69. The summed E-state index contributed by atoms with van der Waals surface area (Å²) in [6.07, 6.45) is 0. The summed E-state index contributed by atoms with van der Waals surface area (Å²) in [5, 5.41) is 14.0. The SMILES string of the molecule is CC(C)NCc1nnc(C(C)c2ccccc2)s1. The number of nitrogens with one attached hydrogen (secondary N) is 1. The first-order chi connectivity index (χ1) is 8.66. The average Bonchev–Trinajstić information content (AvgIpc) is 2.85. The first kappa shape index (κ1) is 13.2. The number of benzene rings is 1. The maximum Gasteiger partial charge on any atom is 0.131 e. The van der Waals surface area contributed by atoms with Crippen LogP contribution < -0.4 is 5.32 Å². The summed E-state index contributed by atoms with van der Waals surface area (Å²) < 4.78 is 0. The Morgan fingerprint density at radius 3 is 2.50 bits per heavy atom. The highest BCUT2D eigenvalue weighted by Crippen LogP contribution is 2.26. The van der Waals surface area contributed by atoms with Crippen molar-refractivity contribution >= 4 is 11.3 Å². The first-order valence-electron chi connectivity index (χ1n) is 6.27. The summed E-state index contributed by atoms with van der Waals surface area (Å²) in [5.41, 5.74) is 1.29. The van der Waals surface area contributed by atoms with E-state index in [1.54, 1.807) is 11.3 Å². The third kappa shape index (κ3) is 3.37. The van der Waals surface area contributed by atoms with Gasteiger partial charge in [0.05, 0.1) is 0 Å². The standard InChI is InChI=1S/C14H19N3S/c1-10(2)15-9-13-16-17-14(18-13)11(3)12-7-5-4-6-8-12/h4-8,10-11,15H,9H2,1-3H3. The number of hydrogen-bond acceptors (Lipinski definition) is 4. The van der Waals surface area contributed by atoms with Crippen molar-refractivity contribution in [3.63, 3.8) is 0 Å². The smallest absolute Gasteiger partial charge is 0.131 e. The van der Waals surface area contributed by atoms with Gasteiger partial charge in [0.25, 0.3) is 0 Å². The minimum atomic E-state index is 0.316. The lowest BCUT2D eigenvalue weighted by molar-refractivity contribution is 0.584. The fourth-order valence-corrected chi connectivity index (χ4v) is 2.56. The van der Waals surface area contributed by atoms with E-state index in [-0.39, 0.29) is 0 Å². The van der Waals surface area contributed by atoms with Crippen molar-refractivity contribution in [3.05, 3.63) is 45.9 Å². The van der Waals surface area contributed by atoms with Crippen LogP contribution in [0.25, 0.3) is 0 Å². The molecule has 3 nitrogen and oxygen atoms in total. The van der Waals surface area contributed by atoms with Gasteiger partial charge in [-0.15, -0.1) is 10.2 Å². The van der Waals surface area contributed by atoms with Crippen molar-refractivity contribution < 1.29 is 0 Å². The highest BCUT2D eigenvalue weighted by Gasteiger charge is 2.13. The minimum Gasteiger partial charge on any atom is -0.308 e. The molecule has 1 aromatic carbocycles. The molecule has 1 heterocycles. The minimum absolute atomic E-state index is 0.316. The van der Waals surface area contributed by atoms with E-state index in [0.29, 0.717) is 12.0 Å². The summed E-state index contributed by atoms with van der Waals surface area (Å²) in [7, 11) is 0. The van der Waals surface area contributed by atoms with Gasteiger partial charge in [-0.3, -0.25) is 0 Å². The van der Waals surface area contributed by atoms with Gasteiger partial charge < -0.3 is 5.32 Å². The van der Waals surface area contributed by atoms with E-state index in [1.807, 2.05) is 6.07 Å². The Morgan fingerprint density at radius 2 is 1.83 bits per heavy atom. The predicted molar refractivity (Wildman–Crippen MR) is 75.8 cm³/mol. The Hall–Kier alpha value is -1.26. The summed E-state index contributed by atoms with van der Waals surface area (Å²) in [6, 6.07) is 10.9. The molecule has 0 spiro atoms. The second-order valence-corrected chi connectivity index (χ2v) is 5.80. The van der Waals surface area contributed by atoms with Crippen molar-refractivity contribution in [2.24, 2.45) is 0 Å². The maximum atomic E-state index is 4.30. The van der Waals surface area contributed by atoms with E-state index >= 15 is 0 Å². The van der Waals surface area contributed by atoms with Crippen LogP contribution in [0, 0.1) is 0 Å². The van der Waals surface area contributed by atoms with Crippen LogP contribution in [0.1, 0.15) is 42.3 Å². The quantitative estimate of drug-likeness (QED) is 0.898. The van der Waals surface area contributed by atoms with Gasteiger partial charge in [0.2, 0.25) is 0 Å². The molecule has 1 unspecified atom stereocenters. The first-order valence-corrected chi connectivity index (χ1v) is 7.09. The maximum absolute atomic E-state index is 4.30. The molecule has 0 aliphatic heterocycles. The van der Waals surface area contributed by atoms with Gasteiger partial charge in [0.15, 0.2) is 0 Å². The van der Waals surface area contributed by atoms with Crippen molar-refractivity contribution in [3.8, 4) is 0 Å². The topological polar surface area (TPSA) is 37.8 Å².